The van der Waals surface area contributed by atoms with Crippen molar-refractivity contribution in [2.75, 3.05) is 6.54 Å². The molecule has 0 spiro atoms. The first kappa shape index (κ1) is 15.6. The summed E-state index contributed by atoms with van der Waals surface area (Å²) in [5.41, 5.74) is 2.09. The van der Waals surface area contributed by atoms with Gasteiger partial charge in [-0.05, 0) is 48.2 Å². The molecule has 1 aliphatic heterocycles. The number of aromatic nitrogens is 1. The number of aliphatic hydroxyl groups excluding tert-OH is 1. The summed E-state index contributed by atoms with van der Waals surface area (Å²) in [6, 6.07) is 9.50. The highest BCUT2D eigenvalue weighted by atomic mass is 19.1. The van der Waals surface area contributed by atoms with Crippen LogP contribution in [0.3, 0.4) is 0 Å². The van der Waals surface area contributed by atoms with Crippen molar-refractivity contribution in [3.63, 3.8) is 0 Å². The lowest BCUT2D eigenvalue weighted by Crippen LogP contribution is -2.32. The number of carbonyl (C=O) groups is 1. The highest BCUT2D eigenvalue weighted by Crippen LogP contribution is 2.33. The Morgan fingerprint density at radius 3 is 2.96 bits per heavy atom. The lowest BCUT2D eigenvalue weighted by molar-refractivity contribution is 0.0709. The number of hydrogen-bond acceptors (Lipinski definition) is 3. The molecule has 1 aliphatic rings. The van der Waals surface area contributed by atoms with Gasteiger partial charge in [-0.25, -0.2) is 4.39 Å². The van der Waals surface area contributed by atoms with Crippen LogP contribution in [-0.4, -0.2) is 33.5 Å². The number of benzene rings is 1. The van der Waals surface area contributed by atoms with E-state index < -0.39 is 6.10 Å². The third-order valence-electron chi connectivity index (χ3n) is 4.23. The summed E-state index contributed by atoms with van der Waals surface area (Å²) in [5.74, 6) is -0.575. The minimum absolute atomic E-state index is 0.230. The Labute approximate surface area is 134 Å². The Morgan fingerprint density at radius 2 is 2.22 bits per heavy atom. The summed E-state index contributed by atoms with van der Waals surface area (Å²) in [5, 5.41) is 9.99. The minimum atomic E-state index is -0.610. The first-order valence-corrected chi connectivity index (χ1v) is 7.78. The monoisotopic (exact) mass is 314 g/mol. The average molecular weight is 314 g/mol. The molecular formula is C18H19FN2O2. The largest absolute Gasteiger partial charge is 0.391 e. The van der Waals surface area contributed by atoms with E-state index in [2.05, 4.69) is 4.98 Å². The number of nitrogens with zero attached hydrogens (tertiary/aromatic N) is 2. The van der Waals surface area contributed by atoms with Crippen LogP contribution >= 0.6 is 0 Å². The van der Waals surface area contributed by atoms with Crippen molar-refractivity contribution in [2.45, 2.75) is 31.9 Å². The van der Waals surface area contributed by atoms with E-state index in [0.29, 0.717) is 17.7 Å². The lowest BCUT2D eigenvalue weighted by atomic mass is 10.0. The van der Waals surface area contributed by atoms with Gasteiger partial charge in [-0.3, -0.25) is 9.78 Å². The van der Waals surface area contributed by atoms with Gasteiger partial charge in [-0.1, -0.05) is 19.1 Å². The van der Waals surface area contributed by atoms with Crippen molar-refractivity contribution >= 4 is 5.91 Å². The number of carbonyl (C=O) groups excluding carboxylic acids is 1. The van der Waals surface area contributed by atoms with Gasteiger partial charge in [0.2, 0.25) is 0 Å². The SMILES string of the molecule is CCc1ccnc(C(=O)N2C[C@H](O)C[C@@H]2c2cccc(F)c2)c1. The Morgan fingerprint density at radius 1 is 1.39 bits per heavy atom. The lowest BCUT2D eigenvalue weighted by Gasteiger charge is -2.24. The number of hydrogen-bond donors (Lipinski definition) is 1. The highest BCUT2D eigenvalue weighted by Gasteiger charge is 2.36. The van der Waals surface area contributed by atoms with Crippen molar-refractivity contribution in [3.8, 4) is 0 Å². The van der Waals surface area contributed by atoms with Gasteiger partial charge >= 0.3 is 0 Å². The fraction of sp³-hybridized carbons (Fsp3) is 0.333. The molecule has 1 amide bonds. The third kappa shape index (κ3) is 3.24. The van der Waals surface area contributed by atoms with Gasteiger partial charge in [0.25, 0.3) is 5.91 Å². The molecule has 0 saturated carbocycles. The molecule has 23 heavy (non-hydrogen) atoms. The Hall–Kier alpha value is -2.27. The maximum absolute atomic E-state index is 13.5. The predicted molar refractivity (Wildman–Crippen MR) is 84.4 cm³/mol. The normalized spacial score (nSPS) is 20.7. The van der Waals surface area contributed by atoms with E-state index in [4.69, 9.17) is 0 Å². The molecule has 4 nitrogen and oxygen atoms in total. The van der Waals surface area contributed by atoms with Gasteiger partial charge in [-0.15, -0.1) is 0 Å². The second-order valence-electron chi connectivity index (χ2n) is 5.82. The van der Waals surface area contributed by atoms with E-state index >= 15 is 0 Å². The number of pyridine rings is 1. The molecule has 5 heteroatoms. The maximum Gasteiger partial charge on any atom is 0.273 e. The zero-order valence-corrected chi connectivity index (χ0v) is 12.9. The number of amides is 1. The zero-order valence-electron chi connectivity index (χ0n) is 12.9. The molecule has 1 saturated heterocycles. The molecule has 1 aromatic carbocycles. The zero-order chi connectivity index (χ0) is 16.4. The van der Waals surface area contributed by atoms with E-state index in [1.54, 1.807) is 29.3 Å². The fourth-order valence-electron chi connectivity index (χ4n) is 3.03. The quantitative estimate of drug-likeness (QED) is 0.948. The minimum Gasteiger partial charge on any atom is -0.391 e. The van der Waals surface area contributed by atoms with Crippen LogP contribution in [-0.2, 0) is 6.42 Å². The summed E-state index contributed by atoms with van der Waals surface area (Å²) in [6.45, 7) is 2.25. The first-order valence-electron chi connectivity index (χ1n) is 7.78. The van der Waals surface area contributed by atoms with Crippen LogP contribution in [0.2, 0.25) is 0 Å². The molecule has 0 aliphatic carbocycles. The van der Waals surface area contributed by atoms with Crippen molar-refractivity contribution in [1.82, 2.24) is 9.88 Å². The summed E-state index contributed by atoms with van der Waals surface area (Å²) in [6.07, 6.45) is 2.23. The van der Waals surface area contributed by atoms with Gasteiger partial charge < -0.3 is 10.0 Å². The van der Waals surface area contributed by atoms with Crippen LogP contribution in [0.5, 0.6) is 0 Å². The summed E-state index contributed by atoms with van der Waals surface area (Å²) in [4.78, 5) is 18.5. The van der Waals surface area contributed by atoms with E-state index in [-0.39, 0.29) is 24.3 Å². The molecule has 0 unspecified atom stereocenters. The molecule has 1 N–H and O–H groups in total. The third-order valence-corrected chi connectivity index (χ3v) is 4.23. The summed E-state index contributed by atoms with van der Waals surface area (Å²) >= 11 is 0. The number of β-amino-alcohol motifs (C(OH)–C–C–N with tert-alkyl or cyclic N) is 1. The van der Waals surface area contributed by atoms with Crippen molar-refractivity contribution in [1.29, 1.82) is 0 Å². The second-order valence-corrected chi connectivity index (χ2v) is 5.82. The van der Waals surface area contributed by atoms with Crippen molar-refractivity contribution < 1.29 is 14.3 Å². The van der Waals surface area contributed by atoms with E-state index in [9.17, 15) is 14.3 Å². The number of halogens is 1. The number of rotatable bonds is 3. The smallest absolute Gasteiger partial charge is 0.273 e. The Balaban J connectivity index is 1.91. The van der Waals surface area contributed by atoms with Crippen LogP contribution in [0.25, 0.3) is 0 Å². The maximum atomic E-state index is 13.5. The number of likely N-dealkylation sites (tertiary alicyclic amines) is 1. The van der Waals surface area contributed by atoms with Crippen molar-refractivity contribution in [2.24, 2.45) is 0 Å². The van der Waals surface area contributed by atoms with Gasteiger partial charge in [0.05, 0.1) is 12.1 Å². The first-order chi connectivity index (χ1) is 11.1. The number of aryl methyl sites for hydroxylation is 1. The van der Waals surface area contributed by atoms with E-state index in [1.807, 2.05) is 13.0 Å². The van der Waals surface area contributed by atoms with Gasteiger partial charge in [0.1, 0.15) is 11.5 Å². The van der Waals surface area contributed by atoms with Crippen LogP contribution < -0.4 is 0 Å². The molecule has 0 bridgehead atoms. The standard InChI is InChI=1S/C18H19FN2O2/c1-2-12-6-7-20-16(8-12)18(23)21-11-15(22)10-17(21)13-4-3-5-14(19)9-13/h3-9,15,17,22H,2,10-11H2,1H3/t15-,17-/m1/s1. The molecule has 2 heterocycles. The molecule has 1 fully saturated rings. The molecule has 3 rings (SSSR count). The number of aliphatic hydroxyl groups is 1. The van der Waals surface area contributed by atoms with Gasteiger partial charge in [0, 0.05) is 12.7 Å². The van der Waals surface area contributed by atoms with Crippen molar-refractivity contribution in [3.05, 3.63) is 65.2 Å². The Bertz CT molecular complexity index is 720. The van der Waals surface area contributed by atoms with Crippen LogP contribution in [0, 0.1) is 5.82 Å². The highest BCUT2D eigenvalue weighted by molar-refractivity contribution is 5.93. The van der Waals surface area contributed by atoms with Gasteiger partial charge in [0.15, 0.2) is 0 Å². The summed E-state index contributed by atoms with van der Waals surface area (Å²) in [7, 11) is 0. The van der Waals surface area contributed by atoms with Crippen LogP contribution in [0.4, 0.5) is 4.39 Å². The second kappa shape index (κ2) is 6.46. The topological polar surface area (TPSA) is 53.4 Å². The van der Waals surface area contributed by atoms with E-state index in [1.165, 1.54) is 12.1 Å². The molecule has 1 aromatic heterocycles. The Kier molecular flexibility index (Phi) is 4.39. The average Bonchev–Trinajstić information content (AvgIpc) is 2.96. The van der Waals surface area contributed by atoms with E-state index in [0.717, 1.165) is 12.0 Å². The predicted octanol–water partition coefficient (Wildman–Crippen LogP) is 2.73. The summed E-state index contributed by atoms with van der Waals surface area (Å²) < 4.78 is 13.5. The molecule has 2 aromatic rings. The molecular weight excluding hydrogens is 295 g/mol. The van der Waals surface area contributed by atoms with Crippen LogP contribution in [0.15, 0.2) is 42.6 Å². The van der Waals surface area contributed by atoms with Crippen LogP contribution in [0.1, 0.15) is 41.0 Å². The molecule has 0 radical (unpaired) electrons. The van der Waals surface area contributed by atoms with Gasteiger partial charge in [-0.2, -0.15) is 0 Å². The molecule has 120 valence electrons. The molecule has 2 atom stereocenters. The fourth-order valence-corrected chi connectivity index (χ4v) is 3.03.